The molecular formula is C19H26O12. The van der Waals surface area contributed by atoms with Gasteiger partial charge in [0.05, 0.1) is 13.2 Å². The molecule has 2 fully saturated rings. The van der Waals surface area contributed by atoms with E-state index in [9.17, 15) is 40.5 Å². The molecular weight excluding hydrogens is 420 g/mol. The van der Waals surface area contributed by atoms with Crippen molar-refractivity contribution in [3.8, 4) is 11.5 Å². The molecule has 0 saturated carbocycles. The Morgan fingerprint density at radius 2 is 1.90 bits per heavy atom. The highest BCUT2D eigenvalue weighted by Crippen LogP contribution is 2.37. The number of aliphatic hydroxyl groups excluding tert-OH is 6. The van der Waals surface area contributed by atoms with E-state index in [0.29, 0.717) is 0 Å². The Hall–Kier alpha value is -1.87. The topological polar surface area (TPSA) is 196 Å². The smallest absolute Gasteiger partial charge is 0.229 e. The van der Waals surface area contributed by atoms with Crippen molar-refractivity contribution in [3.05, 3.63) is 23.8 Å². The monoisotopic (exact) mass is 446 g/mol. The predicted octanol–water partition coefficient (Wildman–Crippen LogP) is -2.76. The van der Waals surface area contributed by atoms with E-state index in [1.54, 1.807) is 0 Å². The van der Waals surface area contributed by atoms with Gasteiger partial charge < -0.3 is 54.7 Å². The molecule has 0 bridgehead atoms. The van der Waals surface area contributed by atoms with Gasteiger partial charge in [-0.2, -0.15) is 0 Å². The number of rotatable bonds is 7. The van der Waals surface area contributed by atoms with Crippen LogP contribution in [-0.2, 0) is 14.2 Å². The van der Waals surface area contributed by atoms with Gasteiger partial charge in [-0.3, -0.25) is 4.79 Å². The summed E-state index contributed by atoms with van der Waals surface area (Å²) in [7, 11) is 0. The lowest BCUT2D eigenvalue weighted by molar-refractivity contribution is -0.350. The number of Topliss-reactive ketones (excluding diaryl/α,β-unsaturated/α-hetero) is 1. The number of ether oxygens (including phenoxy) is 4. The summed E-state index contributed by atoms with van der Waals surface area (Å²) in [5.41, 5.74) is 0.225. The average molecular weight is 446 g/mol. The first-order valence-electron chi connectivity index (χ1n) is 9.55. The minimum atomic E-state index is -2.26. The van der Waals surface area contributed by atoms with Crippen LogP contribution in [0.4, 0.5) is 0 Å². The molecule has 2 heterocycles. The number of phenols is 1. The van der Waals surface area contributed by atoms with E-state index in [1.807, 2.05) is 0 Å². The summed E-state index contributed by atoms with van der Waals surface area (Å²) in [6.45, 7) is -0.718. The summed E-state index contributed by atoms with van der Waals surface area (Å²) in [5, 5.41) is 70.0. The first-order valence-corrected chi connectivity index (χ1v) is 9.55. The molecule has 12 heteroatoms. The van der Waals surface area contributed by atoms with Gasteiger partial charge in [0.1, 0.15) is 37.1 Å². The van der Waals surface area contributed by atoms with Gasteiger partial charge in [0, 0.05) is 5.56 Å². The minimum absolute atomic E-state index is 0.133. The highest BCUT2D eigenvalue weighted by Gasteiger charge is 2.58. The number of phenolic OH excluding ortho intramolecular Hbond substituents is 1. The Labute approximate surface area is 176 Å². The lowest BCUT2D eigenvalue weighted by Crippen LogP contribution is -2.61. The van der Waals surface area contributed by atoms with Gasteiger partial charge in [0.25, 0.3) is 0 Å². The van der Waals surface area contributed by atoms with E-state index in [4.69, 9.17) is 18.9 Å². The second-order valence-electron chi connectivity index (χ2n) is 7.44. The van der Waals surface area contributed by atoms with Gasteiger partial charge in [-0.25, -0.2) is 0 Å². The zero-order chi connectivity index (χ0) is 22.9. The quantitative estimate of drug-likeness (QED) is 0.213. The predicted molar refractivity (Wildman–Crippen MR) is 99.2 cm³/mol. The van der Waals surface area contributed by atoms with Crippen molar-refractivity contribution < 1.29 is 59.5 Å². The molecule has 0 amide bonds. The number of aliphatic hydroxyl groups is 6. The Balaban J connectivity index is 1.86. The van der Waals surface area contributed by atoms with Crippen LogP contribution in [0.25, 0.3) is 0 Å². The van der Waals surface area contributed by atoms with E-state index >= 15 is 0 Å². The number of hydrogen-bond donors (Lipinski definition) is 7. The molecule has 0 aliphatic carbocycles. The third-order valence-corrected chi connectivity index (χ3v) is 5.28. The fraction of sp³-hybridized carbons (Fsp3) is 0.632. The zero-order valence-electron chi connectivity index (χ0n) is 16.6. The van der Waals surface area contributed by atoms with Crippen molar-refractivity contribution in [1.29, 1.82) is 0 Å². The van der Waals surface area contributed by atoms with Gasteiger partial charge in [-0.05, 0) is 25.1 Å². The lowest BCUT2D eigenvalue weighted by atomic mass is 10.0. The van der Waals surface area contributed by atoms with Crippen LogP contribution < -0.4 is 4.74 Å². The molecule has 3 rings (SSSR count). The SMILES string of the molecule is CC(=O)c1ccc(O[C@H]2OC[C@@H](O)[C@H](O)[C@H]2O[C@@]2(CO)O[C@H](CO)[C@@H](O)[C@@H]2O)c(O)c1. The molecule has 1 aromatic carbocycles. The minimum Gasteiger partial charge on any atom is -0.504 e. The second-order valence-corrected chi connectivity index (χ2v) is 7.44. The number of benzene rings is 1. The fourth-order valence-electron chi connectivity index (χ4n) is 3.45. The van der Waals surface area contributed by atoms with Crippen LogP contribution in [0, 0.1) is 0 Å². The average Bonchev–Trinajstić information content (AvgIpc) is 2.99. The molecule has 7 N–H and O–H groups in total. The van der Waals surface area contributed by atoms with E-state index in [0.717, 1.165) is 0 Å². The molecule has 1 aromatic rings. The third kappa shape index (κ3) is 4.53. The largest absolute Gasteiger partial charge is 0.504 e. The molecule has 12 nitrogen and oxygen atoms in total. The van der Waals surface area contributed by atoms with E-state index in [2.05, 4.69) is 0 Å². The number of carbonyl (C=O) groups excluding carboxylic acids is 1. The number of aromatic hydroxyl groups is 1. The highest BCUT2D eigenvalue weighted by atomic mass is 16.8. The van der Waals surface area contributed by atoms with Crippen LogP contribution in [0.1, 0.15) is 17.3 Å². The van der Waals surface area contributed by atoms with Crippen molar-refractivity contribution in [2.75, 3.05) is 19.8 Å². The van der Waals surface area contributed by atoms with Gasteiger partial charge in [0.2, 0.25) is 12.1 Å². The van der Waals surface area contributed by atoms with Crippen LogP contribution in [0.5, 0.6) is 11.5 Å². The van der Waals surface area contributed by atoms with Crippen LogP contribution in [-0.4, -0.2) is 110 Å². The maximum atomic E-state index is 11.4. The number of hydrogen-bond acceptors (Lipinski definition) is 12. The number of ketones is 1. The van der Waals surface area contributed by atoms with Crippen molar-refractivity contribution >= 4 is 5.78 Å². The van der Waals surface area contributed by atoms with Gasteiger partial charge in [0.15, 0.2) is 23.4 Å². The van der Waals surface area contributed by atoms with E-state index in [1.165, 1.54) is 25.1 Å². The molecule has 2 aliphatic rings. The molecule has 0 aromatic heterocycles. The summed E-state index contributed by atoms with van der Waals surface area (Å²) >= 11 is 0. The maximum Gasteiger partial charge on any atom is 0.229 e. The molecule has 2 aliphatic heterocycles. The highest BCUT2D eigenvalue weighted by molar-refractivity contribution is 5.94. The summed E-state index contributed by atoms with van der Waals surface area (Å²) < 4.78 is 21.8. The Bertz CT molecular complexity index is 787. The van der Waals surface area contributed by atoms with Crippen molar-refractivity contribution in [2.24, 2.45) is 0 Å². The first kappa shape index (κ1) is 23.8. The van der Waals surface area contributed by atoms with E-state index in [-0.39, 0.29) is 23.7 Å². The molecule has 0 radical (unpaired) electrons. The van der Waals surface area contributed by atoms with Crippen LogP contribution >= 0.6 is 0 Å². The third-order valence-electron chi connectivity index (χ3n) is 5.28. The fourth-order valence-corrected chi connectivity index (χ4v) is 3.45. The summed E-state index contributed by atoms with van der Waals surface area (Å²) in [6.07, 6.45) is -10.8. The normalized spacial score (nSPS) is 38.2. The molecule has 174 valence electrons. The van der Waals surface area contributed by atoms with Crippen LogP contribution in [0.2, 0.25) is 0 Å². The standard InChI is InChI=1S/C19H26O12/c1-8(22)9-2-3-12(10(23)4-9)29-18-16(14(25)11(24)6-28-18)31-19(7-21)17(27)15(26)13(5-20)30-19/h2-4,11,13-18,20-21,23-27H,5-7H2,1H3/t11-,13-,14+,15-,16-,17+,18-,19-/m1/s1. The summed E-state index contributed by atoms with van der Waals surface area (Å²) in [4.78, 5) is 11.4. The van der Waals surface area contributed by atoms with Crippen LogP contribution in [0.15, 0.2) is 18.2 Å². The van der Waals surface area contributed by atoms with Crippen molar-refractivity contribution in [1.82, 2.24) is 0 Å². The first-order chi connectivity index (χ1) is 14.6. The van der Waals surface area contributed by atoms with E-state index < -0.39 is 67.7 Å². The zero-order valence-corrected chi connectivity index (χ0v) is 16.6. The van der Waals surface area contributed by atoms with Gasteiger partial charge in [-0.15, -0.1) is 0 Å². The van der Waals surface area contributed by atoms with Gasteiger partial charge >= 0.3 is 0 Å². The second kappa shape index (κ2) is 9.32. The summed E-state index contributed by atoms with van der Waals surface area (Å²) in [5.74, 6) is -3.09. The Morgan fingerprint density at radius 1 is 1.19 bits per heavy atom. The number of carbonyl (C=O) groups is 1. The maximum absolute atomic E-state index is 11.4. The molecule has 0 unspecified atom stereocenters. The molecule has 31 heavy (non-hydrogen) atoms. The molecule has 2 saturated heterocycles. The van der Waals surface area contributed by atoms with Crippen molar-refractivity contribution in [2.45, 2.75) is 55.6 Å². The Kier molecular flexibility index (Phi) is 7.15. The summed E-state index contributed by atoms with van der Waals surface area (Å²) in [6, 6.07) is 3.85. The lowest BCUT2D eigenvalue weighted by Gasteiger charge is -2.42. The Morgan fingerprint density at radius 3 is 2.45 bits per heavy atom. The van der Waals surface area contributed by atoms with Gasteiger partial charge in [-0.1, -0.05) is 0 Å². The molecule has 0 spiro atoms. The molecule has 8 atom stereocenters. The van der Waals surface area contributed by atoms with Crippen LogP contribution in [0.3, 0.4) is 0 Å². The van der Waals surface area contributed by atoms with Crippen molar-refractivity contribution in [3.63, 3.8) is 0 Å².